The minimum absolute atomic E-state index is 0.0261. The normalized spacial score (nSPS) is 14.0. The molecule has 1 aromatic rings. The number of carbonyl (C=O) groups excluding carboxylic acids is 1. The first-order valence-electron chi connectivity index (χ1n) is 9.41. The summed E-state index contributed by atoms with van der Waals surface area (Å²) < 4.78 is 5.25. The second kappa shape index (κ2) is 9.82. The SMILES string of the molecule is CCCN(CCC)C(C)(CCC)CNC(=O)c1noc(CC)c1C. The number of aromatic nitrogens is 1. The first-order chi connectivity index (χ1) is 11.4. The lowest BCUT2D eigenvalue weighted by atomic mass is 9.92. The monoisotopic (exact) mass is 337 g/mol. The molecule has 0 aliphatic heterocycles. The first kappa shape index (κ1) is 20.7. The van der Waals surface area contributed by atoms with Gasteiger partial charge in [0.1, 0.15) is 5.76 Å². The minimum atomic E-state index is -0.133. The van der Waals surface area contributed by atoms with Gasteiger partial charge in [0.05, 0.1) is 0 Å². The number of amides is 1. The highest BCUT2D eigenvalue weighted by atomic mass is 16.5. The summed E-state index contributed by atoms with van der Waals surface area (Å²) in [6, 6.07) is 0. The van der Waals surface area contributed by atoms with Crippen LogP contribution in [-0.2, 0) is 6.42 Å². The van der Waals surface area contributed by atoms with Gasteiger partial charge in [-0.25, -0.2) is 0 Å². The molecule has 1 unspecified atom stereocenters. The van der Waals surface area contributed by atoms with Crippen LogP contribution in [0.2, 0.25) is 0 Å². The van der Waals surface area contributed by atoms with E-state index in [1.165, 1.54) is 0 Å². The Balaban J connectivity index is 2.83. The van der Waals surface area contributed by atoms with Crippen molar-refractivity contribution >= 4 is 5.91 Å². The number of carbonyl (C=O) groups is 1. The number of aryl methyl sites for hydroxylation is 1. The molecule has 24 heavy (non-hydrogen) atoms. The molecule has 0 radical (unpaired) electrons. The average molecular weight is 338 g/mol. The third kappa shape index (κ3) is 5.07. The molecule has 5 heteroatoms. The molecule has 0 spiro atoms. The van der Waals surface area contributed by atoms with Crippen LogP contribution < -0.4 is 5.32 Å². The zero-order valence-corrected chi connectivity index (χ0v) is 16.4. The molecular formula is C19H35N3O2. The molecule has 1 amide bonds. The summed E-state index contributed by atoms with van der Waals surface area (Å²) in [5.41, 5.74) is 1.25. The third-order valence-corrected chi connectivity index (χ3v) is 4.73. The summed E-state index contributed by atoms with van der Waals surface area (Å²) in [6.45, 7) is 15.5. The highest BCUT2D eigenvalue weighted by molar-refractivity contribution is 5.93. The van der Waals surface area contributed by atoms with Crippen molar-refractivity contribution in [2.75, 3.05) is 19.6 Å². The topological polar surface area (TPSA) is 58.4 Å². The molecule has 1 heterocycles. The van der Waals surface area contributed by atoms with E-state index in [9.17, 15) is 4.79 Å². The Morgan fingerprint density at radius 3 is 2.25 bits per heavy atom. The van der Waals surface area contributed by atoms with Gasteiger partial charge in [-0.1, -0.05) is 39.3 Å². The van der Waals surface area contributed by atoms with Crippen LogP contribution in [0.1, 0.15) is 82.1 Å². The van der Waals surface area contributed by atoms with Gasteiger partial charge in [0.15, 0.2) is 5.69 Å². The van der Waals surface area contributed by atoms with Crippen molar-refractivity contribution in [3.05, 3.63) is 17.0 Å². The van der Waals surface area contributed by atoms with Crippen LogP contribution in [0.25, 0.3) is 0 Å². The lowest BCUT2D eigenvalue weighted by molar-refractivity contribution is 0.0770. The van der Waals surface area contributed by atoms with Gasteiger partial charge in [0.2, 0.25) is 0 Å². The van der Waals surface area contributed by atoms with Gasteiger partial charge in [-0.2, -0.15) is 0 Å². The van der Waals surface area contributed by atoms with E-state index in [4.69, 9.17) is 4.52 Å². The largest absolute Gasteiger partial charge is 0.360 e. The zero-order chi connectivity index (χ0) is 18.2. The maximum absolute atomic E-state index is 12.5. The van der Waals surface area contributed by atoms with E-state index in [0.29, 0.717) is 12.2 Å². The van der Waals surface area contributed by atoms with Gasteiger partial charge >= 0.3 is 0 Å². The molecule has 0 bridgehead atoms. The summed E-state index contributed by atoms with van der Waals surface area (Å²) in [7, 11) is 0. The number of nitrogens with zero attached hydrogens (tertiary/aromatic N) is 2. The maximum atomic E-state index is 12.5. The molecule has 0 aliphatic carbocycles. The van der Waals surface area contributed by atoms with E-state index >= 15 is 0 Å². The Morgan fingerprint density at radius 2 is 1.79 bits per heavy atom. The van der Waals surface area contributed by atoms with Crippen LogP contribution >= 0.6 is 0 Å². The molecule has 1 N–H and O–H groups in total. The summed E-state index contributed by atoms with van der Waals surface area (Å²) in [5.74, 6) is 0.654. The van der Waals surface area contributed by atoms with Gasteiger partial charge in [-0.15, -0.1) is 0 Å². The van der Waals surface area contributed by atoms with Crippen LogP contribution in [0.5, 0.6) is 0 Å². The molecule has 138 valence electrons. The average Bonchev–Trinajstić information content (AvgIpc) is 2.93. The number of hydrogen-bond donors (Lipinski definition) is 1. The summed E-state index contributed by atoms with van der Waals surface area (Å²) in [4.78, 5) is 15.0. The molecule has 1 atom stereocenters. The van der Waals surface area contributed by atoms with Crippen LogP contribution in [-0.4, -0.2) is 41.1 Å². The Hall–Kier alpha value is -1.36. The van der Waals surface area contributed by atoms with Gasteiger partial charge in [-0.05, 0) is 46.2 Å². The lowest BCUT2D eigenvalue weighted by Crippen LogP contribution is -2.54. The van der Waals surface area contributed by atoms with E-state index in [-0.39, 0.29) is 11.4 Å². The van der Waals surface area contributed by atoms with Crippen molar-refractivity contribution in [3.8, 4) is 0 Å². The van der Waals surface area contributed by atoms with Gasteiger partial charge in [0, 0.05) is 24.1 Å². The van der Waals surface area contributed by atoms with Crippen molar-refractivity contribution in [1.82, 2.24) is 15.4 Å². The molecule has 1 rings (SSSR count). The molecule has 0 saturated heterocycles. The standard InChI is InChI=1S/C19H35N3O2/c1-7-11-19(6,22(12-8-2)13-9-3)14-20-18(23)17-15(5)16(10-4)24-21-17/h7-14H2,1-6H3,(H,20,23). The third-order valence-electron chi connectivity index (χ3n) is 4.73. The van der Waals surface area contributed by atoms with Gasteiger partial charge in [0.25, 0.3) is 5.91 Å². The van der Waals surface area contributed by atoms with Gasteiger partial charge in [-0.3, -0.25) is 9.69 Å². The quantitative estimate of drug-likeness (QED) is 0.664. The van der Waals surface area contributed by atoms with Crippen LogP contribution in [0.3, 0.4) is 0 Å². The van der Waals surface area contributed by atoms with E-state index in [2.05, 4.69) is 43.1 Å². The summed E-state index contributed by atoms with van der Waals surface area (Å²) in [6.07, 6.45) is 5.15. The highest BCUT2D eigenvalue weighted by Crippen LogP contribution is 2.22. The van der Waals surface area contributed by atoms with Crippen LogP contribution in [0, 0.1) is 6.92 Å². The highest BCUT2D eigenvalue weighted by Gasteiger charge is 2.31. The van der Waals surface area contributed by atoms with E-state index in [0.717, 1.165) is 56.5 Å². The number of nitrogens with one attached hydrogen (secondary N) is 1. The number of hydrogen-bond acceptors (Lipinski definition) is 4. The molecule has 5 nitrogen and oxygen atoms in total. The molecule has 1 aromatic heterocycles. The predicted molar refractivity (Wildman–Crippen MR) is 98.4 cm³/mol. The Bertz CT molecular complexity index is 507. The Labute approximate surface area is 147 Å². The first-order valence-corrected chi connectivity index (χ1v) is 9.41. The summed E-state index contributed by atoms with van der Waals surface area (Å²) >= 11 is 0. The Morgan fingerprint density at radius 1 is 1.17 bits per heavy atom. The fourth-order valence-corrected chi connectivity index (χ4v) is 3.35. The fraction of sp³-hybridized carbons (Fsp3) is 0.789. The molecule has 0 aliphatic rings. The maximum Gasteiger partial charge on any atom is 0.273 e. The van der Waals surface area contributed by atoms with E-state index in [1.807, 2.05) is 13.8 Å². The Kier molecular flexibility index (Phi) is 8.46. The molecular weight excluding hydrogens is 302 g/mol. The van der Waals surface area contributed by atoms with E-state index < -0.39 is 0 Å². The minimum Gasteiger partial charge on any atom is -0.360 e. The van der Waals surface area contributed by atoms with Crippen molar-refractivity contribution < 1.29 is 9.32 Å². The number of rotatable bonds is 11. The van der Waals surface area contributed by atoms with Crippen molar-refractivity contribution in [3.63, 3.8) is 0 Å². The van der Waals surface area contributed by atoms with Crippen molar-refractivity contribution in [2.45, 2.75) is 79.2 Å². The fourth-order valence-electron chi connectivity index (χ4n) is 3.35. The second-order valence-electron chi connectivity index (χ2n) is 6.85. The van der Waals surface area contributed by atoms with E-state index in [1.54, 1.807) is 0 Å². The molecule has 0 aromatic carbocycles. The van der Waals surface area contributed by atoms with Crippen molar-refractivity contribution in [1.29, 1.82) is 0 Å². The summed E-state index contributed by atoms with van der Waals surface area (Å²) in [5, 5.41) is 7.05. The zero-order valence-electron chi connectivity index (χ0n) is 16.4. The van der Waals surface area contributed by atoms with Crippen molar-refractivity contribution in [2.24, 2.45) is 0 Å². The molecule has 0 saturated carbocycles. The van der Waals surface area contributed by atoms with Crippen LogP contribution in [0.15, 0.2) is 4.52 Å². The predicted octanol–water partition coefficient (Wildman–Crippen LogP) is 3.96. The van der Waals surface area contributed by atoms with Gasteiger partial charge < -0.3 is 9.84 Å². The van der Waals surface area contributed by atoms with Crippen LogP contribution in [0.4, 0.5) is 0 Å². The smallest absolute Gasteiger partial charge is 0.273 e. The lowest BCUT2D eigenvalue weighted by Gasteiger charge is -2.41. The molecule has 0 fully saturated rings. The second-order valence-corrected chi connectivity index (χ2v) is 6.85.